The molecule has 0 bridgehead atoms. The van der Waals surface area contributed by atoms with Gasteiger partial charge in [0.2, 0.25) is 5.76 Å². The van der Waals surface area contributed by atoms with Crippen LogP contribution in [0.2, 0.25) is 5.02 Å². The average molecular weight is 538 g/mol. The van der Waals surface area contributed by atoms with Crippen LogP contribution < -0.4 is 4.74 Å². The van der Waals surface area contributed by atoms with Gasteiger partial charge >= 0.3 is 6.09 Å². The Morgan fingerprint density at radius 1 is 0.921 bits per heavy atom. The highest BCUT2D eigenvalue weighted by atomic mass is 35.5. The zero-order valence-corrected chi connectivity index (χ0v) is 22.0. The van der Waals surface area contributed by atoms with Gasteiger partial charge in [-0.1, -0.05) is 48.4 Å². The minimum absolute atomic E-state index is 0.0939. The van der Waals surface area contributed by atoms with E-state index in [1.54, 1.807) is 4.90 Å². The number of ether oxygens (including phenoxy) is 1. The smallest absolute Gasteiger partial charge is 0.407 e. The third kappa shape index (κ3) is 4.83. The van der Waals surface area contributed by atoms with E-state index in [0.29, 0.717) is 35.0 Å². The highest BCUT2D eigenvalue weighted by Crippen LogP contribution is 2.41. The number of carboxylic acid groups (broad SMARTS) is 1. The molecule has 2 saturated heterocycles. The van der Waals surface area contributed by atoms with Gasteiger partial charge in [0.1, 0.15) is 17.4 Å². The molecule has 3 aliphatic rings. The van der Waals surface area contributed by atoms with Crippen molar-refractivity contribution in [1.29, 1.82) is 0 Å². The van der Waals surface area contributed by atoms with Gasteiger partial charge in [0.05, 0.1) is 5.02 Å². The van der Waals surface area contributed by atoms with E-state index in [-0.39, 0.29) is 30.9 Å². The van der Waals surface area contributed by atoms with E-state index in [2.05, 4.69) is 4.90 Å². The molecular weight excluding hydrogens is 506 g/mol. The van der Waals surface area contributed by atoms with E-state index in [1.165, 1.54) is 24.2 Å². The number of amides is 2. The molecule has 3 aromatic rings. The lowest BCUT2D eigenvalue weighted by Gasteiger charge is -2.41. The lowest BCUT2D eigenvalue weighted by atomic mass is 9.90. The molecule has 2 aliphatic heterocycles. The van der Waals surface area contributed by atoms with Crippen LogP contribution in [0.25, 0.3) is 22.1 Å². The number of nitrogens with zero attached hydrogens (tertiary/aromatic N) is 3. The minimum Gasteiger partial charge on any atom is -0.489 e. The predicted molar refractivity (Wildman–Crippen MR) is 145 cm³/mol. The quantitative estimate of drug-likeness (QED) is 0.457. The number of halogens is 1. The Hall–Kier alpha value is -3.23. The molecule has 0 spiro atoms. The number of carbonyl (C=O) groups is 2. The Morgan fingerprint density at radius 2 is 1.61 bits per heavy atom. The van der Waals surface area contributed by atoms with Gasteiger partial charge in [-0.2, -0.15) is 0 Å². The molecule has 38 heavy (non-hydrogen) atoms. The van der Waals surface area contributed by atoms with Crippen LogP contribution in [0.1, 0.15) is 42.7 Å². The molecule has 1 saturated carbocycles. The molecule has 1 N–H and O–H groups in total. The molecule has 0 atom stereocenters. The van der Waals surface area contributed by atoms with Crippen molar-refractivity contribution in [2.75, 3.05) is 39.3 Å². The molecule has 6 rings (SSSR count). The van der Waals surface area contributed by atoms with Crippen molar-refractivity contribution < 1.29 is 23.8 Å². The number of likely N-dealkylation sites (tertiary alicyclic amines) is 1. The molecular formula is C29H32ClN3O5. The van der Waals surface area contributed by atoms with Crippen molar-refractivity contribution in [1.82, 2.24) is 14.7 Å². The Balaban J connectivity index is 1.28. The molecule has 2 amide bonds. The van der Waals surface area contributed by atoms with E-state index >= 15 is 0 Å². The predicted octanol–water partition coefficient (Wildman–Crippen LogP) is 5.58. The average Bonchev–Trinajstić information content (AvgIpc) is 3.27. The van der Waals surface area contributed by atoms with E-state index in [0.717, 1.165) is 42.9 Å². The molecule has 9 heteroatoms. The van der Waals surface area contributed by atoms with Gasteiger partial charge in [0.25, 0.3) is 5.91 Å². The van der Waals surface area contributed by atoms with Crippen LogP contribution in [0.4, 0.5) is 4.79 Å². The highest BCUT2D eigenvalue weighted by molar-refractivity contribution is 6.33. The fraction of sp³-hybridized carbons (Fsp3) is 0.448. The number of benzene rings is 2. The second-order valence-corrected chi connectivity index (χ2v) is 10.9. The van der Waals surface area contributed by atoms with Crippen molar-refractivity contribution in [3.8, 4) is 16.9 Å². The molecule has 3 fully saturated rings. The summed E-state index contributed by atoms with van der Waals surface area (Å²) in [4.78, 5) is 30.5. The first-order chi connectivity index (χ1) is 18.5. The van der Waals surface area contributed by atoms with Crippen LogP contribution in [0.15, 0.2) is 46.9 Å². The van der Waals surface area contributed by atoms with Crippen molar-refractivity contribution >= 4 is 34.6 Å². The number of carbonyl (C=O) groups excluding carboxylic acids is 1. The molecule has 3 heterocycles. The second-order valence-electron chi connectivity index (χ2n) is 10.5. The molecule has 0 unspecified atom stereocenters. The minimum atomic E-state index is -0.971. The summed E-state index contributed by atoms with van der Waals surface area (Å²) in [6.45, 7) is 3.25. The maximum Gasteiger partial charge on any atom is 0.407 e. The molecule has 2 aromatic carbocycles. The largest absolute Gasteiger partial charge is 0.489 e. The number of piperidine rings is 1. The Bertz CT molecular complexity index is 1320. The molecule has 1 aromatic heterocycles. The van der Waals surface area contributed by atoms with Crippen LogP contribution in [-0.2, 0) is 0 Å². The van der Waals surface area contributed by atoms with Gasteiger partial charge in [-0.3, -0.25) is 4.79 Å². The van der Waals surface area contributed by atoms with Gasteiger partial charge in [-0.15, -0.1) is 0 Å². The lowest BCUT2D eigenvalue weighted by molar-refractivity contribution is 0.0494. The Kier molecular flexibility index (Phi) is 6.93. The summed E-state index contributed by atoms with van der Waals surface area (Å²) in [7, 11) is 0. The number of hydrogen-bond donors (Lipinski definition) is 1. The van der Waals surface area contributed by atoms with Gasteiger partial charge < -0.3 is 29.0 Å². The van der Waals surface area contributed by atoms with Gasteiger partial charge in [-0.05, 0) is 37.3 Å². The summed E-state index contributed by atoms with van der Waals surface area (Å²) >= 11 is 6.74. The number of hydrogen-bond acceptors (Lipinski definition) is 5. The number of furan rings is 1. The summed E-state index contributed by atoms with van der Waals surface area (Å²) in [5.41, 5.74) is 2.09. The first-order valence-corrected chi connectivity index (χ1v) is 13.8. The van der Waals surface area contributed by atoms with Crippen molar-refractivity contribution in [2.24, 2.45) is 0 Å². The van der Waals surface area contributed by atoms with Crippen LogP contribution >= 0.6 is 11.6 Å². The van der Waals surface area contributed by atoms with Crippen molar-refractivity contribution in [2.45, 2.75) is 44.2 Å². The van der Waals surface area contributed by atoms with Crippen LogP contribution in [-0.4, -0.2) is 83.2 Å². The summed E-state index contributed by atoms with van der Waals surface area (Å²) in [6, 6.07) is 14.0. The lowest BCUT2D eigenvalue weighted by Crippen LogP contribution is -2.50. The number of rotatable bonds is 5. The monoisotopic (exact) mass is 537 g/mol. The van der Waals surface area contributed by atoms with Crippen LogP contribution in [0.5, 0.6) is 5.75 Å². The van der Waals surface area contributed by atoms with Crippen LogP contribution in [0, 0.1) is 0 Å². The Morgan fingerprint density at radius 3 is 2.24 bits per heavy atom. The zero-order valence-electron chi connectivity index (χ0n) is 21.3. The maximum absolute atomic E-state index is 13.6. The van der Waals surface area contributed by atoms with Gasteiger partial charge in [-0.25, -0.2) is 4.79 Å². The summed E-state index contributed by atoms with van der Waals surface area (Å²) in [5, 5.41) is 10.5. The SMILES string of the molecule is O=C(O)N1CCN(C(=O)c2oc3cc(OC4CCN(C5CCC5)CC4)c(Cl)cc3c2-c2ccccc2)CC1. The van der Waals surface area contributed by atoms with E-state index in [4.69, 9.17) is 20.8 Å². The Labute approximate surface area is 226 Å². The first kappa shape index (κ1) is 25.1. The third-order valence-electron chi connectivity index (χ3n) is 8.20. The van der Waals surface area contributed by atoms with Crippen LogP contribution in [0.3, 0.4) is 0 Å². The fourth-order valence-corrected chi connectivity index (χ4v) is 5.97. The topological polar surface area (TPSA) is 86.5 Å². The first-order valence-electron chi connectivity index (χ1n) is 13.5. The van der Waals surface area contributed by atoms with Crippen molar-refractivity contribution in [3.05, 3.63) is 53.2 Å². The summed E-state index contributed by atoms with van der Waals surface area (Å²) in [6.07, 6.45) is 5.01. The highest BCUT2D eigenvalue weighted by Gasteiger charge is 2.32. The van der Waals surface area contributed by atoms with E-state index < -0.39 is 6.09 Å². The standard InChI is InChI=1S/C29H32ClN3O5/c30-23-17-22-24(18-25(23)37-21-9-11-31(12-10-21)20-7-4-8-20)38-27(26(22)19-5-2-1-3-6-19)28(34)32-13-15-33(16-14-32)29(35)36/h1-3,5-6,17-18,20-21H,4,7-16H2,(H,35,36). The van der Waals surface area contributed by atoms with Gasteiger partial charge in [0.15, 0.2) is 0 Å². The van der Waals surface area contributed by atoms with Gasteiger partial charge in [0, 0.05) is 62.3 Å². The van der Waals surface area contributed by atoms with E-state index in [9.17, 15) is 14.7 Å². The molecule has 1 aliphatic carbocycles. The summed E-state index contributed by atoms with van der Waals surface area (Å²) in [5.74, 6) is 0.549. The molecule has 8 nitrogen and oxygen atoms in total. The molecule has 200 valence electrons. The normalized spacial score (nSPS) is 19.5. The summed E-state index contributed by atoms with van der Waals surface area (Å²) < 4.78 is 12.6. The van der Waals surface area contributed by atoms with Crippen molar-refractivity contribution in [3.63, 3.8) is 0 Å². The molecule has 0 radical (unpaired) electrons. The number of piperazine rings is 1. The van der Waals surface area contributed by atoms with E-state index in [1.807, 2.05) is 42.5 Å². The fourth-order valence-electron chi connectivity index (χ4n) is 5.76. The zero-order chi connectivity index (χ0) is 26.2. The third-order valence-corrected chi connectivity index (χ3v) is 8.49. The maximum atomic E-state index is 13.6. The second kappa shape index (κ2) is 10.5. The number of fused-ring (bicyclic) bond motifs is 1.